The number of aliphatic carboxylic acids is 1. The lowest BCUT2D eigenvalue weighted by molar-refractivity contribution is -0.142. The van der Waals surface area contributed by atoms with Crippen LogP contribution >= 0.6 is 0 Å². The lowest BCUT2D eigenvalue weighted by atomic mass is 10.00. The van der Waals surface area contributed by atoms with Crippen LogP contribution in [-0.4, -0.2) is 64.6 Å². The minimum atomic E-state index is -1.23. The van der Waals surface area contributed by atoms with Crippen LogP contribution in [0.1, 0.15) is 44.2 Å². The highest BCUT2D eigenvalue weighted by atomic mass is 16.4. The fourth-order valence-corrected chi connectivity index (χ4v) is 4.56. The third kappa shape index (κ3) is 9.40. The van der Waals surface area contributed by atoms with Crippen LogP contribution in [0, 0.1) is 5.92 Å². The van der Waals surface area contributed by atoms with Crippen molar-refractivity contribution in [2.75, 3.05) is 6.54 Å². The second kappa shape index (κ2) is 14.3. The Morgan fingerprint density at radius 1 is 0.846 bits per heavy atom. The quantitative estimate of drug-likeness (QED) is 0.226. The molecule has 3 amide bonds. The molecule has 2 aromatic carbocycles. The Morgan fingerprint density at radius 3 is 2.03 bits per heavy atom. The van der Waals surface area contributed by atoms with E-state index in [-0.39, 0.29) is 42.9 Å². The van der Waals surface area contributed by atoms with Gasteiger partial charge in [0.05, 0.1) is 6.04 Å². The zero-order chi connectivity index (χ0) is 28.4. The van der Waals surface area contributed by atoms with Crippen molar-refractivity contribution in [3.8, 4) is 5.75 Å². The molecule has 210 valence electrons. The first-order chi connectivity index (χ1) is 18.6. The molecular weight excluding hydrogens is 500 g/mol. The molecule has 4 unspecified atom stereocenters. The molecule has 1 saturated heterocycles. The van der Waals surface area contributed by atoms with Crippen molar-refractivity contribution in [2.45, 2.75) is 70.1 Å². The Morgan fingerprint density at radius 2 is 1.44 bits per heavy atom. The van der Waals surface area contributed by atoms with E-state index in [1.165, 1.54) is 12.1 Å². The highest BCUT2D eigenvalue weighted by Crippen LogP contribution is 2.13. The first kappa shape index (κ1) is 29.6. The summed E-state index contributed by atoms with van der Waals surface area (Å²) in [6.07, 6.45) is 2.07. The fourth-order valence-electron chi connectivity index (χ4n) is 4.56. The topological polar surface area (TPSA) is 157 Å². The number of hydrogen-bond donors (Lipinski definition) is 6. The van der Waals surface area contributed by atoms with Crippen LogP contribution in [0.5, 0.6) is 5.75 Å². The van der Waals surface area contributed by atoms with E-state index in [2.05, 4.69) is 21.3 Å². The normalized spacial score (nSPS) is 17.2. The number of hydrogen-bond acceptors (Lipinski definition) is 6. The number of rotatable bonds is 13. The van der Waals surface area contributed by atoms with Gasteiger partial charge in [-0.05, 0) is 55.0 Å². The average molecular weight is 539 g/mol. The van der Waals surface area contributed by atoms with Crippen LogP contribution < -0.4 is 21.3 Å². The van der Waals surface area contributed by atoms with Crippen molar-refractivity contribution in [3.63, 3.8) is 0 Å². The van der Waals surface area contributed by atoms with Crippen LogP contribution in [-0.2, 0) is 32.0 Å². The molecule has 10 heteroatoms. The van der Waals surface area contributed by atoms with E-state index in [0.717, 1.165) is 18.5 Å². The van der Waals surface area contributed by atoms with Gasteiger partial charge in [0.2, 0.25) is 17.7 Å². The predicted octanol–water partition coefficient (Wildman–Crippen LogP) is 1.51. The molecule has 6 N–H and O–H groups in total. The first-order valence-corrected chi connectivity index (χ1v) is 13.3. The summed E-state index contributed by atoms with van der Waals surface area (Å²) in [5, 5.41) is 30.5. The van der Waals surface area contributed by atoms with Gasteiger partial charge in [-0.1, -0.05) is 56.3 Å². The third-order valence-electron chi connectivity index (χ3n) is 6.62. The van der Waals surface area contributed by atoms with E-state index < -0.39 is 35.9 Å². The SMILES string of the molecule is CC(C)CC(NC(=O)C(Cc1ccccc1)NC(=O)C1CCCN1)C(=O)NC(Cc1ccc(O)cc1)C(=O)O. The highest BCUT2D eigenvalue weighted by Gasteiger charge is 2.32. The molecule has 0 aromatic heterocycles. The van der Waals surface area contributed by atoms with Crippen LogP contribution in [0.25, 0.3) is 0 Å². The molecule has 1 aliphatic heterocycles. The van der Waals surface area contributed by atoms with Crippen LogP contribution in [0.4, 0.5) is 0 Å². The molecule has 4 atom stereocenters. The van der Waals surface area contributed by atoms with Gasteiger partial charge >= 0.3 is 5.97 Å². The van der Waals surface area contributed by atoms with Gasteiger partial charge in [0.25, 0.3) is 0 Å². The van der Waals surface area contributed by atoms with Crippen molar-refractivity contribution < 1.29 is 29.4 Å². The highest BCUT2D eigenvalue weighted by molar-refractivity contribution is 5.94. The minimum absolute atomic E-state index is 0.00474. The largest absolute Gasteiger partial charge is 0.508 e. The fraction of sp³-hybridized carbons (Fsp3) is 0.448. The Kier molecular flexibility index (Phi) is 10.9. The van der Waals surface area contributed by atoms with Gasteiger partial charge in [0.1, 0.15) is 23.9 Å². The number of carboxylic acids is 1. The third-order valence-corrected chi connectivity index (χ3v) is 6.62. The van der Waals surface area contributed by atoms with Gasteiger partial charge in [-0.15, -0.1) is 0 Å². The molecule has 0 aliphatic carbocycles. The van der Waals surface area contributed by atoms with Crippen molar-refractivity contribution >= 4 is 23.7 Å². The number of benzene rings is 2. The van der Waals surface area contributed by atoms with Crippen LogP contribution in [0.2, 0.25) is 0 Å². The van der Waals surface area contributed by atoms with E-state index in [0.29, 0.717) is 12.0 Å². The molecule has 0 bridgehead atoms. The summed E-state index contributed by atoms with van der Waals surface area (Å²) in [5.74, 6) is -2.55. The van der Waals surface area contributed by atoms with E-state index in [1.807, 2.05) is 44.2 Å². The second-order valence-corrected chi connectivity index (χ2v) is 10.4. The molecule has 1 aliphatic rings. The molecule has 0 radical (unpaired) electrons. The van der Waals surface area contributed by atoms with E-state index in [9.17, 15) is 29.4 Å². The second-order valence-electron chi connectivity index (χ2n) is 10.4. The number of carbonyl (C=O) groups excluding carboxylic acids is 3. The summed E-state index contributed by atoms with van der Waals surface area (Å²) in [5.41, 5.74) is 1.47. The van der Waals surface area contributed by atoms with Gasteiger partial charge in [-0.25, -0.2) is 4.79 Å². The van der Waals surface area contributed by atoms with Gasteiger partial charge in [-0.3, -0.25) is 14.4 Å². The summed E-state index contributed by atoms with van der Waals surface area (Å²) in [6.45, 7) is 4.53. The number of nitrogens with one attached hydrogen (secondary N) is 4. The van der Waals surface area contributed by atoms with Gasteiger partial charge in [0.15, 0.2) is 0 Å². The number of amides is 3. The van der Waals surface area contributed by atoms with Crippen molar-refractivity contribution in [1.29, 1.82) is 0 Å². The number of aromatic hydroxyl groups is 1. The Hall–Kier alpha value is -3.92. The maximum atomic E-state index is 13.5. The number of carbonyl (C=O) groups is 4. The molecule has 0 saturated carbocycles. The van der Waals surface area contributed by atoms with Crippen molar-refractivity contribution in [3.05, 3.63) is 65.7 Å². The molecule has 2 aromatic rings. The monoisotopic (exact) mass is 538 g/mol. The predicted molar refractivity (Wildman–Crippen MR) is 146 cm³/mol. The van der Waals surface area contributed by atoms with Gasteiger partial charge < -0.3 is 31.5 Å². The zero-order valence-electron chi connectivity index (χ0n) is 22.4. The van der Waals surface area contributed by atoms with Crippen molar-refractivity contribution in [2.24, 2.45) is 5.92 Å². The molecule has 1 heterocycles. The Labute approximate surface area is 228 Å². The first-order valence-electron chi connectivity index (χ1n) is 13.3. The van der Waals surface area contributed by atoms with Gasteiger partial charge in [-0.2, -0.15) is 0 Å². The zero-order valence-corrected chi connectivity index (χ0v) is 22.4. The standard InChI is InChI=1S/C29H38N4O6/c1-18(2)15-23(27(36)33-25(29(38)39)17-20-10-12-21(34)13-11-20)31-28(37)24(16-19-7-4-3-5-8-19)32-26(35)22-9-6-14-30-22/h3-5,7-8,10-13,18,22-25,30,34H,6,9,14-17H2,1-2H3,(H,31,37)(H,32,35)(H,33,36)(H,38,39). The van der Waals surface area contributed by atoms with E-state index in [1.54, 1.807) is 12.1 Å². The van der Waals surface area contributed by atoms with E-state index in [4.69, 9.17) is 0 Å². The molecule has 10 nitrogen and oxygen atoms in total. The van der Waals surface area contributed by atoms with Crippen LogP contribution in [0.3, 0.4) is 0 Å². The summed E-state index contributed by atoms with van der Waals surface area (Å²) in [4.78, 5) is 51.5. The lowest BCUT2D eigenvalue weighted by Crippen LogP contribution is -2.58. The average Bonchev–Trinajstić information content (AvgIpc) is 3.44. The maximum absolute atomic E-state index is 13.5. The summed E-state index contributed by atoms with van der Waals surface area (Å²) < 4.78 is 0. The minimum Gasteiger partial charge on any atom is -0.508 e. The molecular formula is C29H38N4O6. The number of phenols is 1. The van der Waals surface area contributed by atoms with Gasteiger partial charge in [0, 0.05) is 12.8 Å². The van der Waals surface area contributed by atoms with Crippen LogP contribution in [0.15, 0.2) is 54.6 Å². The number of phenolic OH excluding ortho intramolecular Hbond substituents is 1. The molecule has 39 heavy (non-hydrogen) atoms. The molecule has 3 rings (SSSR count). The summed E-state index contributed by atoms with van der Waals surface area (Å²) in [7, 11) is 0. The molecule has 0 spiro atoms. The number of carboxylic acid groups (broad SMARTS) is 1. The maximum Gasteiger partial charge on any atom is 0.326 e. The van der Waals surface area contributed by atoms with E-state index >= 15 is 0 Å². The summed E-state index contributed by atoms with van der Waals surface area (Å²) in [6, 6.07) is 11.8. The Bertz CT molecular complexity index is 1120. The van der Waals surface area contributed by atoms with Crippen molar-refractivity contribution in [1.82, 2.24) is 21.3 Å². The smallest absolute Gasteiger partial charge is 0.326 e. The summed E-state index contributed by atoms with van der Waals surface area (Å²) >= 11 is 0. The molecule has 1 fully saturated rings. The lowest BCUT2D eigenvalue weighted by Gasteiger charge is -2.26. The Balaban J connectivity index is 1.74.